The Morgan fingerprint density at radius 3 is 1.29 bits per heavy atom. The van der Waals surface area contributed by atoms with E-state index in [2.05, 4.69) is 98.9 Å². The van der Waals surface area contributed by atoms with Crippen LogP contribution >= 0.6 is 0 Å². The molecule has 0 heterocycles. The third-order valence-corrected chi connectivity index (χ3v) is 7.66. The van der Waals surface area contributed by atoms with Crippen molar-refractivity contribution < 1.29 is 24.2 Å². The Hall–Kier alpha value is -2.92. The number of unbranched alkanes of at least 4 members (excludes halogenated alkanes) is 11. The molecule has 5 nitrogen and oxygen atoms in total. The second-order valence-electron chi connectivity index (χ2n) is 12.3. The zero-order valence-corrected chi connectivity index (χ0v) is 30.7. The zero-order valence-electron chi connectivity index (χ0n) is 30.7. The van der Waals surface area contributed by atoms with Gasteiger partial charge in [0.25, 0.3) is 0 Å². The van der Waals surface area contributed by atoms with Crippen molar-refractivity contribution in [1.82, 2.24) is 0 Å². The van der Waals surface area contributed by atoms with Crippen molar-refractivity contribution in [1.29, 1.82) is 0 Å². The summed E-state index contributed by atoms with van der Waals surface area (Å²) in [6, 6.07) is 0. The van der Waals surface area contributed by atoms with Gasteiger partial charge in [-0.2, -0.15) is 0 Å². The number of aliphatic hydroxyl groups is 1. The first-order valence-corrected chi connectivity index (χ1v) is 19.1. The maximum absolute atomic E-state index is 12.1. The molecule has 0 aromatic carbocycles. The molecule has 0 spiro atoms. The molecule has 1 N–H and O–H groups in total. The molecule has 0 unspecified atom stereocenters. The van der Waals surface area contributed by atoms with E-state index >= 15 is 0 Å². The largest absolute Gasteiger partial charge is 0.462 e. The smallest absolute Gasteiger partial charge is 0.306 e. The quantitative estimate of drug-likeness (QED) is 0.0429. The van der Waals surface area contributed by atoms with Crippen LogP contribution in [0.15, 0.2) is 85.1 Å². The number of ether oxygens (including phenoxy) is 2. The molecule has 48 heavy (non-hydrogen) atoms. The molecule has 272 valence electrons. The van der Waals surface area contributed by atoms with Crippen molar-refractivity contribution in [3.63, 3.8) is 0 Å². The van der Waals surface area contributed by atoms with Gasteiger partial charge in [0, 0.05) is 12.8 Å². The van der Waals surface area contributed by atoms with E-state index < -0.39 is 6.10 Å². The number of rotatable bonds is 33. The van der Waals surface area contributed by atoms with Crippen LogP contribution in [0, 0.1) is 0 Å². The standard InChI is InChI=1S/C43H70O5/c1-3-5-7-9-11-13-15-17-19-21-23-25-27-29-31-33-35-37-42(45)47-40-41(39-44)48-43(46)38-36-34-32-30-28-26-24-22-20-18-16-14-12-10-8-6-4-2/h11-14,17-20,23-26,30,32,41,44H,3-10,15-16,21-22,27-29,31,33-40H2,1-2H3/b13-11-,14-12-,19-17-,20-18-,25-23-,26-24-,32-30-/t41-/m0/s1. The van der Waals surface area contributed by atoms with Gasteiger partial charge in [0.1, 0.15) is 6.61 Å². The number of esters is 2. The third kappa shape index (κ3) is 35.9. The van der Waals surface area contributed by atoms with E-state index in [0.717, 1.165) is 70.6 Å². The fourth-order valence-corrected chi connectivity index (χ4v) is 4.73. The highest BCUT2D eigenvalue weighted by Crippen LogP contribution is 2.09. The summed E-state index contributed by atoms with van der Waals surface area (Å²) in [6.45, 7) is 3.99. The monoisotopic (exact) mass is 667 g/mol. The normalized spacial score (nSPS) is 13.1. The number of carbonyl (C=O) groups is 2. The predicted octanol–water partition coefficient (Wildman–Crippen LogP) is 11.9. The van der Waals surface area contributed by atoms with Gasteiger partial charge in [0.15, 0.2) is 6.10 Å². The fraction of sp³-hybridized carbons (Fsp3) is 0.628. The van der Waals surface area contributed by atoms with Gasteiger partial charge in [-0.05, 0) is 89.9 Å². The van der Waals surface area contributed by atoms with Gasteiger partial charge in [0.05, 0.1) is 6.61 Å². The van der Waals surface area contributed by atoms with E-state index in [1.165, 1.54) is 51.4 Å². The highest BCUT2D eigenvalue weighted by Gasteiger charge is 2.15. The van der Waals surface area contributed by atoms with Crippen LogP contribution in [0.5, 0.6) is 0 Å². The number of allylic oxidation sites excluding steroid dienone is 14. The van der Waals surface area contributed by atoms with Crippen LogP contribution in [0.1, 0.15) is 155 Å². The lowest BCUT2D eigenvalue weighted by Crippen LogP contribution is -2.28. The van der Waals surface area contributed by atoms with Crippen molar-refractivity contribution in [2.75, 3.05) is 13.2 Å². The van der Waals surface area contributed by atoms with Crippen LogP contribution in [0.25, 0.3) is 0 Å². The average molecular weight is 667 g/mol. The van der Waals surface area contributed by atoms with Crippen LogP contribution in [-0.2, 0) is 19.1 Å². The van der Waals surface area contributed by atoms with Gasteiger partial charge in [-0.25, -0.2) is 0 Å². The molecule has 0 rings (SSSR count). The van der Waals surface area contributed by atoms with Crippen molar-refractivity contribution >= 4 is 11.9 Å². The molecule has 0 aliphatic carbocycles. The SMILES string of the molecule is CCCCC/C=C\C/C=C\C/C=C\C/C=C\CCCC(=O)O[C@@H](CO)COC(=O)CCCCCC/C=C\C/C=C\C/C=C\CCCCC. The van der Waals surface area contributed by atoms with E-state index in [1.54, 1.807) is 0 Å². The van der Waals surface area contributed by atoms with Crippen LogP contribution in [0.4, 0.5) is 0 Å². The van der Waals surface area contributed by atoms with Crippen LogP contribution in [-0.4, -0.2) is 36.4 Å². The molecule has 0 aliphatic heterocycles. The van der Waals surface area contributed by atoms with E-state index in [4.69, 9.17) is 9.47 Å². The summed E-state index contributed by atoms with van der Waals surface area (Å²) >= 11 is 0. The van der Waals surface area contributed by atoms with Crippen LogP contribution in [0.2, 0.25) is 0 Å². The summed E-state index contributed by atoms with van der Waals surface area (Å²) in [5.74, 6) is -0.691. The molecule has 1 atom stereocenters. The number of hydrogen-bond acceptors (Lipinski definition) is 5. The summed E-state index contributed by atoms with van der Waals surface area (Å²) in [7, 11) is 0. The average Bonchev–Trinajstić information content (AvgIpc) is 3.09. The molecule has 0 aromatic heterocycles. The molecule has 0 aliphatic rings. The lowest BCUT2D eigenvalue weighted by atomic mass is 10.1. The first-order chi connectivity index (χ1) is 23.6. The lowest BCUT2D eigenvalue weighted by Gasteiger charge is -2.15. The molecule has 0 fully saturated rings. The minimum atomic E-state index is -0.813. The minimum absolute atomic E-state index is 0.104. The summed E-state index contributed by atoms with van der Waals surface area (Å²) in [5, 5.41) is 9.54. The van der Waals surface area contributed by atoms with Gasteiger partial charge in [-0.3, -0.25) is 9.59 Å². The molecule has 0 saturated heterocycles. The van der Waals surface area contributed by atoms with Gasteiger partial charge in [0.2, 0.25) is 0 Å². The van der Waals surface area contributed by atoms with E-state index in [-0.39, 0.29) is 31.6 Å². The Morgan fingerprint density at radius 2 is 0.854 bits per heavy atom. The Kier molecular flexibility index (Phi) is 36.2. The molecule has 0 aromatic rings. The predicted molar refractivity (Wildman–Crippen MR) is 205 cm³/mol. The van der Waals surface area contributed by atoms with Crippen molar-refractivity contribution in [3.8, 4) is 0 Å². The van der Waals surface area contributed by atoms with Crippen LogP contribution in [0.3, 0.4) is 0 Å². The minimum Gasteiger partial charge on any atom is -0.462 e. The van der Waals surface area contributed by atoms with Gasteiger partial charge in [-0.15, -0.1) is 0 Å². The first-order valence-electron chi connectivity index (χ1n) is 19.1. The summed E-state index contributed by atoms with van der Waals surface area (Å²) in [6.07, 6.45) is 52.1. The van der Waals surface area contributed by atoms with Crippen molar-refractivity contribution in [2.24, 2.45) is 0 Å². The fourth-order valence-electron chi connectivity index (χ4n) is 4.73. The maximum Gasteiger partial charge on any atom is 0.306 e. The first kappa shape index (κ1) is 45.1. The number of hydrogen-bond donors (Lipinski definition) is 1. The molecule has 0 saturated carbocycles. The molecular formula is C43H70O5. The molecule has 5 heteroatoms. The Labute approximate surface area is 295 Å². The van der Waals surface area contributed by atoms with Crippen LogP contribution < -0.4 is 0 Å². The van der Waals surface area contributed by atoms with Gasteiger partial charge in [-0.1, -0.05) is 137 Å². The summed E-state index contributed by atoms with van der Waals surface area (Å²) in [4.78, 5) is 24.2. The van der Waals surface area contributed by atoms with Crippen molar-refractivity contribution in [2.45, 2.75) is 161 Å². The maximum atomic E-state index is 12.1. The Bertz CT molecular complexity index is 937. The molecule has 0 bridgehead atoms. The molecule has 0 radical (unpaired) electrons. The van der Waals surface area contributed by atoms with E-state index in [9.17, 15) is 14.7 Å². The second kappa shape index (κ2) is 38.5. The van der Waals surface area contributed by atoms with Gasteiger partial charge >= 0.3 is 11.9 Å². The van der Waals surface area contributed by atoms with E-state index in [0.29, 0.717) is 12.8 Å². The zero-order chi connectivity index (χ0) is 35.0. The van der Waals surface area contributed by atoms with Gasteiger partial charge < -0.3 is 14.6 Å². The van der Waals surface area contributed by atoms with E-state index in [1.807, 2.05) is 0 Å². The lowest BCUT2D eigenvalue weighted by molar-refractivity contribution is -0.161. The summed E-state index contributed by atoms with van der Waals surface area (Å²) < 4.78 is 10.5. The molecular weight excluding hydrogens is 596 g/mol. The highest BCUT2D eigenvalue weighted by atomic mass is 16.6. The number of aliphatic hydroxyl groups excluding tert-OH is 1. The topological polar surface area (TPSA) is 72.8 Å². The Morgan fingerprint density at radius 1 is 0.479 bits per heavy atom. The summed E-state index contributed by atoms with van der Waals surface area (Å²) in [5.41, 5.74) is 0. The second-order valence-corrected chi connectivity index (χ2v) is 12.3. The number of carbonyl (C=O) groups excluding carboxylic acids is 2. The third-order valence-electron chi connectivity index (χ3n) is 7.66. The van der Waals surface area contributed by atoms with Crippen molar-refractivity contribution in [3.05, 3.63) is 85.1 Å². The Balaban J connectivity index is 3.74. The molecule has 0 amide bonds. The highest BCUT2D eigenvalue weighted by molar-refractivity contribution is 5.70.